The molecule has 1 fully saturated rings. The Morgan fingerprint density at radius 1 is 1.35 bits per heavy atom. The van der Waals surface area contributed by atoms with E-state index in [1.165, 1.54) is 0 Å². The maximum Gasteiger partial charge on any atom is 0.122 e. The zero-order valence-electron chi connectivity index (χ0n) is 10.3. The summed E-state index contributed by atoms with van der Waals surface area (Å²) in [7, 11) is 3.34. The number of benzene rings is 1. The fraction of sp³-hybridized carbons (Fsp3) is 0.538. The van der Waals surface area contributed by atoms with Gasteiger partial charge in [-0.3, -0.25) is 0 Å². The Bertz CT molecular complexity index is 377. The van der Waals surface area contributed by atoms with Crippen LogP contribution in [0.4, 0.5) is 0 Å². The lowest BCUT2D eigenvalue weighted by molar-refractivity contribution is -0.0439. The molecule has 1 unspecified atom stereocenters. The Morgan fingerprint density at radius 2 is 2.12 bits per heavy atom. The van der Waals surface area contributed by atoms with Crippen molar-refractivity contribution in [1.82, 2.24) is 0 Å². The lowest BCUT2D eigenvalue weighted by Crippen LogP contribution is -2.36. The van der Waals surface area contributed by atoms with Crippen LogP contribution in [0, 0.1) is 5.92 Å². The molecule has 1 atom stereocenters. The molecule has 0 aromatic heterocycles. The van der Waals surface area contributed by atoms with Crippen LogP contribution in [0.15, 0.2) is 18.2 Å². The summed E-state index contributed by atoms with van der Waals surface area (Å²) in [4.78, 5) is 0. The SMILES string of the molecule is COc1ccc(OC)c(C(CN)C2COC2)c1. The number of ether oxygens (including phenoxy) is 3. The van der Waals surface area contributed by atoms with Gasteiger partial charge in [-0.2, -0.15) is 0 Å². The van der Waals surface area contributed by atoms with Crippen LogP contribution in [0.2, 0.25) is 0 Å². The first-order chi connectivity index (χ1) is 8.30. The van der Waals surface area contributed by atoms with Gasteiger partial charge in [0, 0.05) is 17.4 Å². The Morgan fingerprint density at radius 3 is 2.59 bits per heavy atom. The quantitative estimate of drug-likeness (QED) is 0.841. The normalized spacial score (nSPS) is 17.4. The molecule has 1 heterocycles. The predicted molar refractivity (Wildman–Crippen MR) is 65.7 cm³/mol. The minimum Gasteiger partial charge on any atom is -0.497 e. The largest absolute Gasteiger partial charge is 0.497 e. The molecular formula is C13H19NO3. The van der Waals surface area contributed by atoms with E-state index >= 15 is 0 Å². The van der Waals surface area contributed by atoms with E-state index in [1.54, 1.807) is 14.2 Å². The molecule has 0 spiro atoms. The minimum atomic E-state index is 0.272. The second-order valence-corrected chi connectivity index (χ2v) is 4.25. The van der Waals surface area contributed by atoms with E-state index in [0.29, 0.717) is 12.5 Å². The van der Waals surface area contributed by atoms with Gasteiger partial charge in [0.05, 0.1) is 27.4 Å². The predicted octanol–water partition coefficient (Wildman–Crippen LogP) is 1.39. The van der Waals surface area contributed by atoms with Crippen molar-refractivity contribution in [3.05, 3.63) is 23.8 Å². The van der Waals surface area contributed by atoms with Gasteiger partial charge < -0.3 is 19.9 Å². The van der Waals surface area contributed by atoms with Crippen molar-refractivity contribution in [3.63, 3.8) is 0 Å². The fourth-order valence-corrected chi connectivity index (χ4v) is 2.19. The van der Waals surface area contributed by atoms with Crippen molar-refractivity contribution in [1.29, 1.82) is 0 Å². The maximum absolute atomic E-state index is 5.88. The summed E-state index contributed by atoms with van der Waals surface area (Å²) in [5.41, 5.74) is 6.99. The molecule has 2 N–H and O–H groups in total. The fourth-order valence-electron chi connectivity index (χ4n) is 2.19. The number of hydrogen-bond acceptors (Lipinski definition) is 4. The third-order valence-electron chi connectivity index (χ3n) is 3.32. The van der Waals surface area contributed by atoms with Gasteiger partial charge in [0.1, 0.15) is 11.5 Å². The van der Waals surface area contributed by atoms with Crippen LogP contribution in [-0.2, 0) is 4.74 Å². The molecule has 2 rings (SSSR count). The zero-order valence-corrected chi connectivity index (χ0v) is 10.3. The van der Waals surface area contributed by atoms with Gasteiger partial charge in [-0.05, 0) is 24.7 Å². The number of nitrogens with two attached hydrogens (primary N) is 1. The van der Waals surface area contributed by atoms with Crippen LogP contribution in [0.3, 0.4) is 0 Å². The number of hydrogen-bond donors (Lipinski definition) is 1. The number of rotatable bonds is 5. The van der Waals surface area contributed by atoms with Crippen molar-refractivity contribution in [2.24, 2.45) is 11.7 Å². The minimum absolute atomic E-state index is 0.272. The van der Waals surface area contributed by atoms with Gasteiger partial charge in [0.25, 0.3) is 0 Å². The highest BCUT2D eigenvalue weighted by atomic mass is 16.5. The smallest absolute Gasteiger partial charge is 0.122 e. The Kier molecular flexibility index (Phi) is 3.86. The molecule has 1 aromatic carbocycles. The first-order valence-corrected chi connectivity index (χ1v) is 5.80. The highest BCUT2D eigenvalue weighted by Gasteiger charge is 2.30. The first-order valence-electron chi connectivity index (χ1n) is 5.80. The molecular weight excluding hydrogens is 218 g/mol. The Balaban J connectivity index is 2.31. The lowest BCUT2D eigenvalue weighted by atomic mass is 9.84. The third kappa shape index (κ3) is 2.37. The van der Waals surface area contributed by atoms with Gasteiger partial charge in [-0.25, -0.2) is 0 Å². The first kappa shape index (κ1) is 12.2. The van der Waals surface area contributed by atoms with E-state index in [-0.39, 0.29) is 5.92 Å². The van der Waals surface area contributed by atoms with Crippen LogP contribution in [0.1, 0.15) is 11.5 Å². The average Bonchev–Trinajstić information content (AvgIpc) is 2.32. The van der Waals surface area contributed by atoms with Crippen LogP contribution in [0.5, 0.6) is 11.5 Å². The molecule has 4 heteroatoms. The summed E-state index contributed by atoms with van der Waals surface area (Å²) in [6.45, 7) is 2.15. The lowest BCUT2D eigenvalue weighted by Gasteiger charge is -2.34. The van der Waals surface area contributed by atoms with Gasteiger partial charge in [0.15, 0.2) is 0 Å². The van der Waals surface area contributed by atoms with E-state index in [1.807, 2.05) is 18.2 Å². The van der Waals surface area contributed by atoms with Gasteiger partial charge in [0.2, 0.25) is 0 Å². The molecule has 17 heavy (non-hydrogen) atoms. The molecule has 0 amide bonds. The highest BCUT2D eigenvalue weighted by molar-refractivity contribution is 5.43. The van der Waals surface area contributed by atoms with E-state index in [9.17, 15) is 0 Å². The number of methoxy groups -OCH3 is 2. The van der Waals surface area contributed by atoms with Gasteiger partial charge in [-0.1, -0.05) is 0 Å². The summed E-state index contributed by atoms with van der Waals surface area (Å²) in [5, 5.41) is 0. The molecule has 0 bridgehead atoms. The Labute approximate surface area is 102 Å². The average molecular weight is 237 g/mol. The van der Waals surface area contributed by atoms with Crippen LogP contribution in [-0.4, -0.2) is 34.0 Å². The topological polar surface area (TPSA) is 53.7 Å². The standard InChI is InChI=1S/C13H19NO3/c1-15-10-3-4-13(16-2)11(5-10)12(6-14)9-7-17-8-9/h3-5,9,12H,6-8,14H2,1-2H3. The van der Waals surface area contributed by atoms with Gasteiger partial charge in [-0.15, -0.1) is 0 Å². The molecule has 0 aliphatic carbocycles. The molecule has 94 valence electrons. The van der Waals surface area contributed by atoms with Crippen LogP contribution >= 0.6 is 0 Å². The maximum atomic E-state index is 5.88. The van der Waals surface area contributed by atoms with Crippen LogP contribution < -0.4 is 15.2 Å². The van der Waals surface area contributed by atoms with Crippen LogP contribution in [0.25, 0.3) is 0 Å². The van der Waals surface area contributed by atoms with E-state index in [2.05, 4.69) is 0 Å². The summed E-state index contributed by atoms with van der Waals surface area (Å²) in [5.74, 6) is 2.46. The summed E-state index contributed by atoms with van der Waals surface area (Å²) in [6.07, 6.45) is 0. The monoisotopic (exact) mass is 237 g/mol. The summed E-state index contributed by atoms with van der Waals surface area (Å²) in [6, 6.07) is 5.83. The highest BCUT2D eigenvalue weighted by Crippen LogP contribution is 2.36. The molecule has 0 saturated carbocycles. The third-order valence-corrected chi connectivity index (χ3v) is 3.32. The van der Waals surface area contributed by atoms with Crippen molar-refractivity contribution < 1.29 is 14.2 Å². The van der Waals surface area contributed by atoms with Crippen molar-refractivity contribution in [2.75, 3.05) is 34.0 Å². The molecule has 4 nitrogen and oxygen atoms in total. The molecule has 1 saturated heterocycles. The molecule has 0 radical (unpaired) electrons. The van der Waals surface area contributed by atoms with Crippen molar-refractivity contribution in [2.45, 2.75) is 5.92 Å². The summed E-state index contributed by atoms with van der Waals surface area (Å²) < 4.78 is 15.9. The van der Waals surface area contributed by atoms with E-state index in [4.69, 9.17) is 19.9 Å². The second kappa shape index (κ2) is 5.38. The summed E-state index contributed by atoms with van der Waals surface area (Å²) >= 11 is 0. The second-order valence-electron chi connectivity index (χ2n) is 4.25. The zero-order chi connectivity index (χ0) is 12.3. The van der Waals surface area contributed by atoms with E-state index < -0.39 is 0 Å². The van der Waals surface area contributed by atoms with Gasteiger partial charge >= 0.3 is 0 Å². The van der Waals surface area contributed by atoms with E-state index in [0.717, 1.165) is 30.3 Å². The van der Waals surface area contributed by atoms with Crippen molar-refractivity contribution >= 4 is 0 Å². The molecule has 1 aliphatic rings. The van der Waals surface area contributed by atoms with Crippen molar-refractivity contribution in [3.8, 4) is 11.5 Å². The Hall–Kier alpha value is -1.26. The molecule has 1 aliphatic heterocycles. The molecule has 1 aromatic rings.